The van der Waals surface area contributed by atoms with Crippen LogP contribution in [0.3, 0.4) is 0 Å². The van der Waals surface area contributed by atoms with Gasteiger partial charge in [-0.15, -0.1) is 0 Å². The van der Waals surface area contributed by atoms with Crippen LogP contribution in [0.4, 0.5) is 0 Å². The summed E-state index contributed by atoms with van der Waals surface area (Å²) in [4.78, 5) is 22.5. The van der Waals surface area contributed by atoms with Crippen molar-refractivity contribution >= 4 is 0 Å². The quantitative estimate of drug-likeness (QED) is 0.878. The Bertz CT molecular complexity index is 893. The van der Waals surface area contributed by atoms with Crippen molar-refractivity contribution in [3.63, 3.8) is 0 Å². The van der Waals surface area contributed by atoms with Crippen molar-refractivity contribution in [3.05, 3.63) is 51.2 Å². The van der Waals surface area contributed by atoms with E-state index in [-0.39, 0.29) is 5.56 Å². The second kappa shape index (κ2) is 7.35. The molecule has 2 bridgehead atoms. The fourth-order valence-electron chi connectivity index (χ4n) is 4.51. The molecule has 0 spiro atoms. The first-order valence-electron chi connectivity index (χ1n) is 9.73. The summed E-state index contributed by atoms with van der Waals surface area (Å²) in [5.74, 6) is 2.26. The van der Waals surface area contributed by atoms with Gasteiger partial charge in [0.05, 0.1) is 19.4 Å². The Morgan fingerprint density at radius 2 is 2.00 bits per heavy atom. The van der Waals surface area contributed by atoms with E-state index in [0.29, 0.717) is 24.5 Å². The Balaban J connectivity index is 1.59. The fraction of sp³-hybridized carbons (Fsp3) is 0.524. The molecule has 2 aliphatic heterocycles. The lowest BCUT2D eigenvalue weighted by molar-refractivity contribution is 0.187. The molecule has 0 amide bonds. The summed E-state index contributed by atoms with van der Waals surface area (Å²) in [6.07, 6.45) is 3.92. The third-order valence-electron chi connectivity index (χ3n) is 5.75. The number of aromatic nitrogens is 2. The number of methoxy groups -OCH3 is 1. The largest absolute Gasteiger partial charge is 0.493 e. The Kier molecular flexibility index (Phi) is 4.91. The minimum absolute atomic E-state index is 0.0349. The van der Waals surface area contributed by atoms with E-state index in [1.165, 1.54) is 5.56 Å². The standard InChI is InChI=1S/C21H27N3O3/c1-4-27-19-8-5-14(9-20(19)26-3)12-24-15-6-7-16(24)11-18-17(10-15)21(25)23-13(2)22-18/h5,8-9,15-16H,4,6-7,10-12H2,1-3H3,(H,22,23,25)/t15-,16-/m0/s1. The first kappa shape index (κ1) is 18.0. The summed E-state index contributed by atoms with van der Waals surface area (Å²) >= 11 is 0. The van der Waals surface area contributed by atoms with Crippen molar-refractivity contribution in [3.8, 4) is 11.5 Å². The van der Waals surface area contributed by atoms with Crippen LogP contribution in [0.5, 0.6) is 11.5 Å². The molecule has 0 unspecified atom stereocenters. The van der Waals surface area contributed by atoms with Gasteiger partial charge in [-0.2, -0.15) is 0 Å². The van der Waals surface area contributed by atoms with E-state index < -0.39 is 0 Å². The third-order valence-corrected chi connectivity index (χ3v) is 5.75. The van der Waals surface area contributed by atoms with Crippen molar-refractivity contribution in [2.24, 2.45) is 0 Å². The molecular weight excluding hydrogens is 342 g/mol. The number of aryl methyl sites for hydroxylation is 1. The topological polar surface area (TPSA) is 67.5 Å². The Morgan fingerprint density at radius 1 is 1.22 bits per heavy atom. The maximum absolute atomic E-state index is 12.4. The number of benzene rings is 1. The molecule has 4 rings (SSSR count). The van der Waals surface area contributed by atoms with Crippen molar-refractivity contribution in [1.82, 2.24) is 14.9 Å². The van der Waals surface area contributed by atoms with Crippen LogP contribution in [-0.4, -0.2) is 40.7 Å². The van der Waals surface area contributed by atoms with E-state index in [1.807, 2.05) is 19.9 Å². The molecule has 144 valence electrons. The second-order valence-electron chi connectivity index (χ2n) is 7.46. The van der Waals surface area contributed by atoms with Gasteiger partial charge in [-0.25, -0.2) is 4.98 Å². The molecule has 0 aliphatic carbocycles. The molecular formula is C21H27N3O3. The van der Waals surface area contributed by atoms with E-state index in [0.717, 1.165) is 55.0 Å². The van der Waals surface area contributed by atoms with E-state index in [1.54, 1.807) is 7.11 Å². The zero-order valence-electron chi connectivity index (χ0n) is 16.2. The van der Waals surface area contributed by atoms with Crippen molar-refractivity contribution in [2.45, 2.75) is 58.2 Å². The molecule has 2 atom stereocenters. The number of H-pyrrole nitrogens is 1. The van der Waals surface area contributed by atoms with Gasteiger partial charge in [0.2, 0.25) is 0 Å². The number of rotatable bonds is 5. The van der Waals surface area contributed by atoms with Gasteiger partial charge in [-0.05, 0) is 50.8 Å². The number of hydrogen-bond acceptors (Lipinski definition) is 5. The van der Waals surface area contributed by atoms with Gasteiger partial charge in [0, 0.05) is 30.6 Å². The molecule has 0 radical (unpaired) electrons. The van der Waals surface area contributed by atoms with Crippen LogP contribution in [0.15, 0.2) is 23.0 Å². The van der Waals surface area contributed by atoms with E-state index in [4.69, 9.17) is 9.47 Å². The molecule has 2 aliphatic rings. The van der Waals surface area contributed by atoms with Gasteiger partial charge in [-0.1, -0.05) is 6.07 Å². The summed E-state index contributed by atoms with van der Waals surface area (Å²) in [7, 11) is 1.67. The van der Waals surface area contributed by atoms with Crippen LogP contribution in [0, 0.1) is 6.92 Å². The summed E-state index contributed by atoms with van der Waals surface area (Å²) in [6, 6.07) is 6.99. The molecule has 1 fully saturated rings. The van der Waals surface area contributed by atoms with Gasteiger partial charge in [-0.3, -0.25) is 9.69 Å². The smallest absolute Gasteiger partial charge is 0.254 e. The minimum atomic E-state index is 0.0349. The highest BCUT2D eigenvalue weighted by atomic mass is 16.5. The zero-order valence-corrected chi connectivity index (χ0v) is 16.2. The molecule has 1 N–H and O–H groups in total. The van der Waals surface area contributed by atoms with Crippen LogP contribution in [0.2, 0.25) is 0 Å². The lowest BCUT2D eigenvalue weighted by atomic mass is 9.98. The highest BCUT2D eigenvalue weighted by Gasteiger charge is 2.38. The highest BCUT2D eigenvalue weighted by molar-refractivity contribution is 5.43. The monoisotopic (exact) mass is 369 g/mol. The summed E-state index contributed by atoms with van der Waals surface area (Å²) in [6.45, 7) is 5.29. The molecule has 1 aromatic heterocycles. The molecule has 6 heteroatoms. The number of nitrogens with one attached hydrogen (secondary N) is 1. The maximum Gasteiger partial charge on any atom is 0.254 e. The van der Waals surface area contributed by atoms with Crippen molar-refractivity contribution in [2.75, 3.05) is 13.7 Å². The number of aromatic amines is 1. The summed E-state index contributed by atoms with van der Waals surface area (Å²) < 4.78 is 11.1. The molecule has 2 aromatic rings. The first-order valence-corrected chi connectivity index (χ1v) is 9.73. The average molecular weight is 369 g/mol. The molecule has 6 nitrogen and oxygen atoms in total. The van der Waals surface area contributed by atoms with Crippen LogP contribution in [-0.2, 0) is 19.4 Å². The zero-order chi connectivity index (χ0) is 19.0. The van der Waals surface area contributed by atoms with Gasteiger partial charge in [0.1, 0.15) is 5.82 Å². The number of ether oxygens (including phenoxy) is 2. The molecule has 27 heavy (non-hydrogen) atoms. The molecule has 3 heterocycles. The summed E-state index contributed by atoms with van der Waals surface area (Å²) in [5, 5.41) is 0. The number of nitrogens with zero attached hydrogens (tertiary/aromatic N) is 2. The number of hydrogen-bond donors (Lipinski definition) is 1. The predicted molar refractivity (Wildman–Crippen MR) is 104 cm³/mol. The first-order chi connectivity index (χ1) is 13.1. The third kappa shape index (κ3) is 3.46. The fourth-order valence-corrected chi connectivity index (χ4v) is 4.51. The molecule has 1 aromatic carbocycles. The van der Waals surface area contributed by atoms with E-state index >= 15 is 0 Å². The Morgan fingerprint density at radius 3 is 2.74 bits per heavy atom. The van der Waals surface area contributed by atoms with Crippen LogP contribution in [0.1, 0.15) is 42.4 Å². The van der Waals surface area contributed by atoms with Crippen LogP contribution in [0.25, 0.3) is 0 Å². The molecule has 1 saturated heterocycles. The van der Waals surface area contributed by atoms with Crippen LogP contribution >= 0.6 is 0 Å². The van der Waals surface area contributed by atoms with Crippen LogP contribution < -0.4 is 15.0 Å². The number of fused-ring (bicyclic) bond motifs is 3. The second-order valence-corrected chi connectivity index (χ2v) is 7.46. The van der Waals surface area contributed by atoms with Gasteiger partial charge < -0.3 is 14.5 Å². The van der Waals surface area contributed by atoms with Gasteiger partial charge in [0.15, 0.2) is 11.5 Å². The Labute approximate surface area is 159 Å². The van der Waals surface area contributed by atoms with Gasteiger partial charge >= 0.3 is 0 Å². The maximum atomic E-state index is 12.4. The highest BCUT2D eigenvalue weighted by Crippen LogP contribution is 2.35. The van der Waals surface area contributed by atoms with E-state index in [2.05, 4.69) is 27.0 Å². The lowest BCUT2D eigenvalue weighted by Gasteiger charge is -2.28. The molecule has 0 saturated carbocycles. The van der Waals surface area contributed by atoms with Crippen molar-refractivity contribution < 1.29 is 9.47 Å². The SMILES string of the molecule is CCOc1ccc(CN2[C@H]3CC[C@H]2Cc2c(nc(C)[nH]c2=O)C3)cc1OC. The average Bonchev–Trinajstić information content (AvgIpc) is 2.92. The predicted octanol–water partition coefficient (Wildman–Crippen LogP) is 2.62. The lowest BCUT2D eigenvalue weighted by Crippen LogP contribution is -2.36. The normalized spacial score (nSPS) is 21.6. The summed E-state index contributed by atoms with van der Waals surface area (Å²) in [5.41, 5.74) is 3.10. The van der Waals surface area contributed by atoms with E-state index in [9.17, 15) is 4.79 Å². The Hall–Kier alpha value is -2.34. The van der Waals surface area contributed by atoms with Gasteiger partial charge in [0.25, 0.3) is 5.56 Å². The van der Waals surface area contributed by atoms with Crippen molar-refractivity contribution in [1.29, 1.82) is 0 Å². The minimum Gasteiger partial charge on any atom is -0.493 e.